The molecule has 0 saturated carbocycles. The molecule has 1 aliphatic heterocycles. The Morgan fingerprint density at radius 3 is 2.67 bits per heavy atom. The van der Waals surface area contributed by atoms with Gasteiger partial charge in [0.05, 0.1) is 31.1 Å². The van der Waals surface area contributed by atoms with Gasteiger partial charge in [-0.1, -0.05) is 41.4 Å². The zero-order valence-corrected chi connectivity index (χ0v) is 16.7. The molecule has 3 rings (SSSR count). The lowest BCUT2D eigenvalue weighted by Gasteiger charge is -2.30. The molecular weight excluding hydrogens is 385 g/mol. The van der Waals surface area contributed by atoms with Crippen molar-refractivity contribution in [1.29, 1.82) is 0 Å². The van der Waals surface area contributed by atoms with E-state index in [1.807, 2.05) is 37.3 Å². The minimum atomic E-state index is -0.104. The van der Waals surface area contributed by atoms with Crippen LogP contribution >= 0.6 is 23.2 Å². The van der Waals surface area contributed by atoms with E-state index in [1.165, 1.54) is 0 Å². The number of halogens is 2. The van der Waals surface area contributed by atoms with Crippen molar-refractivity contribution in [3.8, 4) is 0 Å². The number of anilines is 2. The van der Waals surface area contributed by atoms with Crippen LogP contribution in [0.5, 0.6) is 0 Å². The third kappa shape index (κ3) is 5.36. The van der Waals surface area contributed by atoms with Crippen molar-refractivity contribution in [2.75, 3.05) is 43.1 Å². The topological polar surface area (TPSA) is 53.6 Å². The van der Waals surface area contributed by atoms with Crippen LogP contribution in [0.1, 0.15) is 18.5 Å². The van der Waals surface area contributed by atoms with E-state index in [1.54, 1.807) is 12.1 Å². The predicted molar refractivity (Wildman–Crippen MR) is 111 cm³/mol. The zero-order chi connectivity index (χ0) is 19.2. The van der Waals surface area contributed by atoms with Gasteiger partial charge in [0.2, 0.25) is 5.91 Å². The molecule has 1 atom stereocenters. The van der Waals surface area contributed by atoms with Gasteiger partial charge in [-0.15, -0.1) is 0 Å². The van der Waals surface area contributed by atoms with Crippen molar-refractivity contribution in [3.63, 3.8) is 0 Å². The van der Waals surface area contributed by atoms with Crippen LogP contribution in [0.25, 0.3) is 0 Å². The molecule has 1 heterocycles. The first-order chi connectivity index (χ1) is 13.0. The van der Waals surface area contributed by atoms with E-state index in [0.717, 1.165) is 30.0 Å². The van der Waals surface area contributed by atoms with Gasteiger partial charge in [-0.25, -0.2) is 0 Å². The fraction of sp³-hybridized carbons (Fsp3) is 0.350. The Hall–Kier alpha value is -1.79. The second kappa shape index (κ2) is 9.42. The van der Waals surface area contributed by atoms with E-state index >= 15 is 0 Å². The van der Waals surface area contributed by atoms with Gasteiger partial charge in [0.25, 0.3) is 0 Å². The summed E-state index contributed by atoms with van der Waals surface area (Å²) in [6.45, 7) is 5.17. The number of rotatable bonds is 6. The SMILES string of the molecule is C[C@H](NCC(=O)Nc1ccccc1N1CCOCC1)c1ccc(Cl)cc1Cl. The van der Waals surface area contributed by atoms with E-state index in [2.05, 4.69) is 15.5 Å². The van der Waals surface area contributed by atoms with Crippen LogP contribution in [0, 0.1) is 0 Å². The van der Waals surface area contributed by atoms with Crippen molar-refractivity contribution < 1.29 is 9.53 Å². The highest BCUT2D eigenvalue weighted by molar-refractivity contribution is 6.35. The van der Waals surface area contributed by atoms with Crippen LogP contribution in [0.4, 0.5) is 11.4 Å². The summed E-state index contributed by atoms with van der Waals surface area (Å²) >= 11 is 12.2. The summed E-state index contributed by atoms with van der Waals surface area (Å²) in [7, 11) is 0. The monoisotopic (exact) mass is 407 g/mol. The molecule has 144 valence electrons. The zero-order valence-electron chi connectivity index (χ0n) is 15.2. The van der Waals surface area contributed by atoms with E-state index in [0.29, 0.717) is 23.3 Å². The van der Waals surface area contributed by atoms with Crippen LogP contribution in [0.3, 0.4) is 0 Å². The number of carbonyl (C=O) groups is 1. The molecule has 2 N–H and O–H groups in total. The maximum Gasteiger partial charge on any atom is 0.238 e. The number of carbonyl (C=O) groups excluding carboxylic acids is 1. The van der Waals surface area contributed by atoms with Crippen LogP contribution in [0.15, 0.2) is 42.5 Å². The molecule has 5 nitrogen and oxygen atoms in total. The molecule has 1 saturated heterocycles. The normalized spacial score (nSPS) is 15.4. The molecule has 0 unspecified atom stereocenters. The van der Waals surface area contributed by atoms with Crippen LogP contribution < -0.4 is 15.5 Å². The minimum absolute atomic E-state index is 0.0741. The highest BCUT2D eigenvalue weighted by Gasteiger charge is 2.16. The first-order valence-corrected chi connectivity index (χ1v) is 9.70. The van der Waals surface area contributed by atoms with Gasteiger partial charge in [0.15, 0.2) is 0 Å². The summed E-state index contributed by atoms with van der Waals surface area (Å²) in [5, 5.41) is 7.38. The number of para-hydroxylation sites is 2. The Morgan fingerprint density at radius 2 is 1.93 bits per heavy atom. The molecule has 0 spiro atoms. The lowest BCUT2D eigenvalue weighted by atomic mass is 10.1. The van der Waals surface area contributed by atoms with E-state index in [4.69, 9.17) is 27.9 Å². The Balaban J connectivity index is 1.59. The van der Waals surface area contributed by atoms with Crippen molar-refractivity contribution in [3.05, 3.63) is 58.1 Å². The average Bonchev–Trinajstić information content (AvgIpc) is 2.67. The molecule has 0 radical (unpaired) electrons. The van der Waals surface area contributed by atoms with Crippen LogP contribution in [0.2, 0.25) is 10.0 Å². The number of benzene rings is 2. The second-order valence-corrected chi connectivity index (χ2v) is 7.28. The van der Waals surface area contributed by atoms with Gasteiger partial charge < -0.3 is 20.3 Å². The lowest BCUT2D eigenvalue weighted by Crippen LogP contribution is -2.37. The van der Waals surface area contributed by atoms with E-state index in [9.17, 15) is 4.79 Å². The van der Waals surface area contributed by atoms with Gasteiger partial charge in [-0.3, -0.25) is 4.79 Å². The number of hydrogen-bond donors (Lipinski definition) is 2. The maximum atomic E-state index is 12.5. The Labute approximate surface area is 169 Å². The van der Waals surface area contributed by atoms with Crippen LogP contribution in [-0.2, 0) is 9.53 Å². The third-order valence-corrected chi connectivity index (χ3v) is 5.09. The van der Waals surface area contributed by atoms with Gasteiger partial charge in [-0.2, -0.15) is 0 Å². The lowest BCUT2D eigenvalue weighted by molar-refractivity contribution is -0.115. The molecule has 0 aliphatic carbocycles. The van der Waals surface area contributed by atoms with Gasteiger partial charge >= 0.3 is 0 Å². The summed E-state index contributed by atoms with van der Waals surface area (Å²) in [5.74, 6) is -0.104. The maximum absolute atomic E-state index is 12.5. The molecule has 0 bridgehead atoms. The standard InChI is InChI=1S/C20H23Cl2N3O2/c1-14(16-7-6-15(21)12-17(16)22)23-13-20(26)24-18-4-2-3-5-19(18)25-8-10-27-11-9-25/h2-7,12,14,23H,8-11,13H2,1H3,(H,24,26)/t14-/m0/s1. The molecular formula is C20H23Cl2N3O2. The number of nitrogens with one attached hydrogen (secondary N) is 2. The van der Waals surface area contributed by atoms with E-state index in [-0.39, 0.29) is 18.5 Å². The fourth-order valence-corrected chi connectivity index (χ4v) is 3.63. The minimum Gasteiger partial charge on any atom is -0.378 e. The summed E-state index contributed by atoms with van der Waals surface area (Å²) in [4.78, 5) is 14.7. The Bertz CT molecular complexity index is 795. The van der Waals surface area contributed by atoms with Crippen LogP contribution in [-0.4, -0.2) is 38.8 Å². The first kappa shape index (κ1) is 20.0. The Kier molecular flexibility index (Phi) is 6.96. The molecule has 1 aliphatic rings. The molecule has 1 amide bonds. The Morgan fingerprint density at radius 1 is 1.19 bits per heavy atom. The third-order valence-electron chi connectivity index (χ3n) is 4.53. The number of hydrogen-bond acceptors (Lipinski definition) is 4. The summed E-state index contributed by atoms with van der Waals surface area (Å²) in [6, 6.07) is 13.1. The molecule has 27 heavy (non-hydrogen) atoms. The smallest absolute Gasteiger partial charge is 0.238 e. The first-order valence-electron chi connectivity index (χ1n) is 8.94. The second-order valence-electron chi connectivity index (χ2n) is 6.43. The molecule has 2 aromatic rings. The van der Waals surface area contributed by atoms with Gasteiger partial charge in [-0.05, 0) is 36.8 Å². The summed E-state index contributed by atoms with van der Waals surface area (Å²) in [5.41, 5.74) is 2.73. The van der Waals surface area contributed by atoms with E-state index < -0.39 is 0 Å². The van der Waals surface area contributed by atoms with Crippen molar-refractivity contribution in [2.45, 2.75) is 13.0 Å². The van der Waals surface area contributed by atoms with Gasteiger partial charge in [0.1, 0.15) is 0 Å². The van der Waals surface area contributed by atoms with Crippen molar-refractivity contribution in [2.24, 2.45) is 0 Å². The largest absolute Gasteiger partial charge is 0.378 e. The summed E-state index contributed by atoms with van der Waals surface area (Å²) in [6.07, 6.45) is 0. The molecule has 7 heteroatoms. The highest BCUT2D eigenvalue weighted by atomic mass is 35.5. The highest BCUT2D eigenvalue weighted by Crippen LogP contribution is 2.27. The van der Waals surface area contributed by atoms with Crippen molar-refractivity contribution in [1.82, 2.24) is 5.32 Å². The number of morpholine rings is 1. The predicted octanol–water partition coefficient (Wildman–Crippen LogP) is 4.12. The molecule has 0 aromatic heterocycles. The number of ether oxygens (including phenoxy) is 1. The number of nitrogens with zero attached hydrogens (tertiary/aromatic N) is 1. The quantitative estimate of drug-likeness (QED) is 0.755. The molecule has 1 fully saturated rings. The average molecular weight is 408 g/mol. The molecule has 2 aromatic carbocycles. The van der Waals surface area contributed by atoms with Crippen molar-refractivity contribution >= 4 is 40.5 Å². The fourth-order valence-electron chi connectivity index (χ4n) is 3.06. The summed E-state index contributed by atoms with van der Waals surface area (Å²) < 4.78 is 5.41. The van der Waals surface area contributed by atoms with Gasteiger partial charge in [0, 0.05) is 29.2 Å². The number of amides is 1.